The minimum absolute atomic E-state index is 0.205. The van der Waals surface area contributed by atoms with Crippen molar-refractivity contribution in [1.29, 1.82) is 0 Å². The first kappa shape index (κ1) is 13.7. The summed E-state index contributed by atoms with van der Waals surface area (Å²) in [5.74, 6) is 0.637. The highest BCUT2D eigenvalue weighted by Crippen LogP contribution is 2.17. The molecule has 0 aromatic carbocycles. The maximum absolute atomic E-state index is 11.4. The van der Waals surface area contributed by atoms with Crippen LogP contribution >= 0.6 is 0 Å². The second-order valence-electron chi connectivity index (χ2n) is 4.70. The van der Waals surface area contributed by atoms with E-state index in [-0.39, 0.29) is 5.91 Å². The van der Waals surface area contributed by atoms with Crippen LogP contribution in [0.3, 0.4) is 0 Å². The van der Waals surface area contributed by atoms with E-state index in [4.69, 9.17) is 0 Å². The van der Waals surface area contributed by atoms with Crippen LogP contribution in [0.2, 0.25) is 0 Å². The molecule has 1 atom stereocenters. The first-order valence-corrected chi connectivity index (χ1v) is 6.78. The quantitative estimate of drug-likeness (QED) is 0.823. The first-order valence-electron chi connectivity index (χ1n) is 6.78. The molecular formula is C13H21N5O. The van der Waals surface area contributed by atoms with Crippen molar-refractivity contribution in [3.05, 3.63) is 17.8 Å². The number of nitrogens with one attached hydrogen (secondary N) is 2. The van der Waals surface area contributed by atoms with Crippen LogP contribution in [0.15, 0.2) is 12.1 Å². The molecule has 6 nitrogen and oxygen atoms in total. The van der Waals surface area contributed by atoms with Gasteiger partial charge in [-0.3, -0.25) is 4.79 Å². The molecule has 0 saturated carbocycles. The predicted octanol–water partition coefficient (Wildman–Crippen LogP) is 0.415. The Bertz CT molecular complexity index is 418. The molecule has 1 aliphatic heterocycles. The summed E-state index contributed by atoms with van der Waals surface area (Å²) in [7, 11) is 1.59. The van der Waals surface area contributed by atoms with Gasteiger partial charge in [-0.15, -0.1) is 10.2 Å². The van der Waals surface area contributed by atoms with Gasteiger partial charge in [-0.25, -0.2) is 0 Å². The van der Waals surface area contributed by atoms with Gasteiger partial charge >= 0.3 is 0 Å². The lowest BCUT2D eigenvalue weighted by molar-refractivity contribution is 0.0957. The van der Waals surface area contributed by atoms with E-state index in [2.05, 4.69) is 32.7 Å². The second kappa shape index (κ2) is 6.47. The molecule has 1 aromatic heterocycles. The fraction of sp³-hybridized carbons (Fsp3) is 0.615. The van der Waals surface area contributed by atoms with Gasteiger partial charge in [0.25, 0.3) is 5.91 Å². The summed E-state index contributed by atoms with van der Waals surface area (Å²) in [5, 5.41) is 14.1. The van der Waals surface area contributed by atoms with Gasteiger partial charge in [0.05, 0.1) is 0 Å². The summed E-state index contributed by atoms with van der Waals surface area (Å²) in [5.41, 5.74) is 0.353. The Hall–Kier alpha value is -1.69. The van der Waals surface area contributed by atoms with Crippen molar-refractivity contribution >= 4 is 11.7 Å². The highest BCUT2D eigenvalue weighted by atomic mass is 16.1. The SMILES string of the molecule is CCNC1CCCN(c2ccc(C(=O)NC)nn2)C1. The Labute approximate surface area is 113 Å². The van der Waals surface area contributed by atoms with E-state index in [1.165, 1.54) is 6.42 Å². The van der Waals surface area contributed by atoms with Gasteiger partial charge in [-0.05, 0) is 31.5 Å². The number of carbonyl (C=O) groups is 1. The number of amides is 1. The summed E-state index contributed by atoms with van der Waals surface area (Å²) < 4.78 is 0. The highest BCUT2D eigenvalue weighted by molar-refractivity contribution is 5.91. The van der Waals surface area contributed by atoms with Crippen LogP contribution in [0.1, 0.15) is 30.3 Å². The minimum Gasteiger partial charge on any atom is -0.354 e. The normalized spacial score (nSPS) is 19.3. The molecule has 104 valence electrons. The number of rotatable bonds is 4. The lowest BCUT2D eigenvalue weighted by Crippen LogP contribution is -2.46. The molecule has 0 radical (unpaired) electrons. The molecule has 19 heavy (non-hydrogen) atoms. The van der Waals surface area contributed by atoms with E-state index in [0.29, 0.717) is 11.7 Å². The fourth-order valence-corrected chi connectivity index (χ4v) is 2.38. The smallest absolute Gasteiger partial charge is 0.271 e. The van der Waals surface area contributed by atoms with E-state index < -0.39 is 0 Å². The van der Waals surface area contributed by atoms with Crippen molar-refractivity contribution in [1.82, 2.24) is 20.8 Å². The second-order valence-corrected chi connectivity index (χ2v) is 4.70. The zero-order valence-corrected chi connectivity index (χ0v) is 11.5. The molecule has 0 spiro atoms. The monoisotopic (exact) mass is 263 g/mol. The van der Waals surface area contributed by atoms with Crippen LogP contribution in [0.5, 0.6) is 0 Å². The first-order chi connectivity index (χ1) is 9.24. The molecule has 0 bridgehead atoms. The van der Waals surface area contributed by atoms with Gasteiger partial charge in [-0.1, -0.05) is 6.92 Å². The number of carbonyl (C=O) groups excluding carboxylic acids is 1. The predicted molar refractivity (Wildman–Crippen MR) is 74.3 cm³/mol. The molecule has 1 fully saturated rings. The summed E-state index contributed by atoms with van der Waals surface area (Å²) >= 11 is 0. The standard InChI is InChI=1S/C13H21N5O/c1-3-15-10-5-4-8-18(9-10)12-7-6-11(16-17-12)13(19)14-2/h6-7,10,15H,3-5,8-9H2,1-2H3,(H,14,19). The highest BCUT2D eigenvalue weighted by Gasteiger charge is 2.20. The number of hydrogen-bond acceptors (Lipinski definition) is 5. The zero-order valence-electron chi connectivity index (χ0n) is 11.5. The lowest BCUT2D eigenvalue weighted by Gasteiger charge is -2.33. The summed E-state index contributed by atoms with van der Waals surface area (Å²) in [6.45, 7) is 5.05. The molecule has 1 aromatic rings. The summed E-state index contributed by atoms with van der Waals surface area (Å²) in [6.07, 6.45) is 2.35. The van der Waals surface area contributed by atoms with Crippen LogP contribution in [-0.2, 0) is 0 Å². The third-order valence-corrected chi connectivity index (χ3v) is 3.35. The van der Waals surface area contributed by atoms with Crippen molar-refractivity contribution in [3.63, 3.8) is 0 Å². The molecule has 0 aliphatic carbocycles. The van der Waals surface area contributed by atoms with Gasteiger partial charge in [0.2, 0.25) is 0 Å². The van der Waals surface area contributed by atoms with Crippen molar-refractivity contribution < 1.29 is 4.79 Å². The van der Waals surface area contributed by atoms with Crippen LogP contribution in [0.4, 0.5) is 5.82 Å². The van der Waals surface area contributed by atoms with Crippen molar-refractivity contribution in [2.75, 3.05) is 31.6 Å². The molecule has 1 saturated heterocycles. The van der Waals surface area contributed by atoms with Crippen LogP contribution in [0, 0.1) is 0 Å². The van der Waals surface area contributed by atoms with Crippen LogP contribution < -0.4 is 15.5 Å². The Morgan fingerprint density at radius 3 is 2.95 bits per heavy atom. The summed E-state index contributed by atoms with van der Waals surface area (Å²) in [4.78, 5) is 13.6. The topological polar surface area (TPSA) is 70.2 Å². The Morgan fingerprint density at radius 2 is 2.32 bits per heavy atom. The van der Waals surface area contributed by atoms with E-state index >= 15 is 0 Å². The molecule has 2 N–H and O–H groups in total. The van der Waals surface area contributed by atoms with Crippen LogP contribution in [0.25, 0.3) is 0 Å². The Kier molecular flexibility index (Phi) is 4.68. The molecule has 2 heterocycles. The Morgan fingerprint density at radius 1 is 1.47 bits per heavy atom. The van der Waals surface area contributed by atoms with Crippen molar-refractivity contribution in [2.24, 2.45) is 0 Å². The number of piperidine rings is 1. The largest absolute Gasteiger partial charge is 0.354 e. The maximum atomic E-state index is 11.4. The van der Waals surface area contributed by atoms with E-state index in [1.807, 2.05) is 6.07 Å². The molecule has 1 unspecified atom stereocenters. The van der Waals surface area contributed by atoms with Crippen molar-refractivity contribution in [3.8, 4) is 0 Å². The fourth-order valence-electron chi connectivity index (χ4n) is 2.38. The van der Waals surface area contributed by atoms with Gasteiger partial charge in [0.15, 0.2) is 11.5 Å². The molecule has 2 rings (SSSR count). The van der Waals surface area contributed by atoms with Crippen molar-refractivity contribution in [2.45, 2.75) is 25.8 Å². The summed E-state index contributed by atoms with van der Waals surface area (Å²) in [6, 6.07) is 4.10. The average molecular weight is 263 g/mol. The van der Waals surface area contributed by atoms with E-state index in [1.54, 1.807) is 13.1 Å². The lowest BCUT2D eigenvalue weighted by atomic mass is 10.1. The molecule has 6 heteroatoms. The third-order valence-electron chi connectivity index (χ3n) is 3.35. The van der Waals surface area contributed by atoms with E-state index in [0.717, 1.165) is 31.9 Å². The molecule has 1 aliphatic rings. The maximum Gasteiger partial charge on any atom is 0.271 e. The number of hydrogen-bond donors (Lipinski definition) is 2. The van der Waals surface area contributed by atoms with Gasteiger partial charge in [-0.2, -0.15) is 0 Å². The molecular weight excluding hydrogens is 242 g/mol. The molecule has 1 amide bonds. The third kappa shape index (κ3) is 3.41. The zero-order chi connectivity index (χ0) is 13.7. The number of nitrogens with zero attached hydrogens (tertiary/aromatic N) is 3. The number of aromatic nitrogens is 2. The van der Waals surface area contributed by atoms with Gasteiger partial charge < -0.3 is 15.5 Å². The van der Waals surface area contributed by atoms with Crippen LogP contribution in [-0.4, -0.2) is 48.8 Å². The van der Waals surface area contributed by atoms with E-state index in [9.17, 15) is 4.79 Å². The number of anilines is 1. The van der Waals surface area contributed by atoms with Gasteiger partial charge in [0, 0.05) is 26.2 Å². The average Bonchev–Trinajstić information content (AvgIpc) is 2.47. The Balaban J connectivity index is 2.03. The number of likely N-dealkylation sites (N-methyl/N-ethyl adjacent to an activating group) is 1. The minimum atomic E-state index is -0.205. The van der Waals surface area contributed by atoms with Gasteiger partial charge in [0.1, 0.15) is 0 Å².